The zero-order chi connectivity index (χ0) is 44.8. The number of methoxy groups -OCH3 is 2. The highest BCUT2D eigenvalue weighted by molar-refractivity contribution is 6.00. The molecule has 13 heteroatoms. The molecule has 0 spiro atoms. The molecule has 336 valence electrons. The molecule has 4 N–H and O–H groups in total. The molecule has 0 radical (unpaired) electrons. The predicted octanol–water partition coefficient (Wildman–Crippen LogP) is 9.49. The molecule has 4 amide bonds. The maximum absolute atomic E-state index is 13.5. The van der Waals surface area contributed by atoms with Crippen LogP contribution in [-0.2, 0) is 39.9 Å². The quantitative estimate of drug-likeness (QED) is 0.128. The van der Waals surface area contributed by atoms with Crippen molar-refractivity contribution < 1.29 is 42.7 Å². The second-order valence-electron chi connectivity index (χ2n) is 15.6. The molecule has 6 aromatic carbocycles. The average molecular weight is 879 g/mol. The van der Waals surface area contributed by atoms with E-state index in [0.717, 1.165) is 44.5 Å². The highest BCUT2D eigenvalue weighted by atomic mass is 16.6. The lowest BCUT2D eigenvalue weighted by Gasteiger charge is -2.23. The van der Waals surface area contributed by atoms with E-state index < -0.39 is 0 Å². The number of hydrogen-bond donors (Lipinski definition) is 4. The van der Waals surface area contributed by atoms with Gasteiger partial charge in [0.15, 0.2) is 0 Å². The number of ether oxygens (including phenoxy) is 7. The fourth-order valence-electron chi connectivity index (χ4n) is 8.30. The first-order valence-corrected chi connectivity index (χ1v) is 21.8. The van der Waals surface area contributed by atoms with Gasteiger partial charge in [0.1, 0.15) is 36.2 Å². The Bertz CT molecular complexity index is 2300. The van der Waals surface area contributed by atoms with Crippen molar-refractivity contribution in [2.45, 2.75) is 25.7 Å². The first-order chi connectivity index (χ1) is 31.9. The monoisotopic (exact) mass is 878 g/mol. The van der Waals surface area contributed by atoms with Gasteiger partial charge in [0.2, 0.25) is 0 Å². The number of carbonyl (C=O) groups is 2. The number of para-hydroxylation sites is 4. The SMILES string of the molecule is COc1c2cc(NC(=O)Nc3ccccc3)cc1Cc1cccc3c1OCCOCCOCCOCCOc1c(cccc1Cc1cc(NC(=O)Nc4ccccc4)cc(c1OC)C3)C2. The van der Waals surface area contributed by atoms with Gasteiger partial charge in [-0.3, -0.25) is 0 Å². The first kappa shape index (κ1) is 44.5. The van der Waals surface area contributed by atoms with Gasteiger partial charge in [-0.05, 0) is 70.8 Å². The van der Waals surface area contributed by atoms with Crippen LogP contribution in [0.25, 0.3) is 0 Å². The molecular formula is C52H54N4O9. The number of urea groups is 2. The van der Waals surface area contributed by atoms with E-state index in [1.807, 2.05) is 121 Å². The largest absolute Gasteiger partial charge is 0.496 e. The fraction of sp³-hybridized carbons (Fsp3) is 0.269. The zero-order valence-corrected chi connectivity index (χ0v) is 36.7. The summed E-state index contributed by atoms with van der Waals surface area (Å²) in [5.41, 5.74) is 9.49. The van der Waals surface area contributed by atoms with Crippen LogP contribution in [0, 0.1) is 0 Å². The second kappa shape index (κ2) is 22.0. The van der Waals surface area contributed by atoms with Crippen LogP contribution in [0.4, 0.5) is 32.3 Å². The predicted molar refractivity (Wildman–Crippen MR) is 252 cm³/mol. The number of amides is 4. The lowest BCUT2D eigenvalue weighted by molar-refractivity contribution is 0.00484. The third kappa shape index (κ3) is 11.8. The van der Waals surface area contributed by atoms with Crippen molar-refractivity contribution in [1.82, 2.24) is 0 Å². The van der Waals surface area contributed by atoms with Crippen molar-refractivity contribution in [2.75, 3.05) is 88.3 Å². The third-order valence-corrected chi connectivity index (χ3v) is 11.0. The lowest BCUT2D eigenvalue weighted by Crippen LogP contribution is -2.20. The summed E-state index contributed by atoms with van der Waals surface area (Å²) in [5.74, 6) is 2.74. The van der Waals surface area contributed by atoms with Crippen molar-refractivity contribution >= 4 is 34.8 Å². The van der Waals surface area contributed by atoms with Gasteiger partial charge in [0.05, 0.1) is 53.9 Å². The van der Waals surface area contributed by atoms with E-state index in [4.69, 9.17) is 33.2 Å². The number of fused-ring (bicyclic) bond motifs is 2. The van der Waals surface area contributed by atoms with E-state index in [2.05, 4.69) is 21.3 Å². The van der Waals surface area contributed by atoms with Gasteiger partial charge < -0.3 is 54.4 Å². The standard InChI is InChI=1S/C52H54N4O9/c1-59-47-39-27-35-11-9-13-37-29-41-33-46(56-52(58)54-44-17-7-4-8-18-44)34-42(48(41)60-2)30-38-14-10-12-36(28-40(47)32-45(31-39)55-51(57)53-43-15-5-3-6-16-43)50(38)65-26-24-63-22-20-61-19-21-62-23-25-64-49(35)37/h3-18,31-34H,19-30H2,1-2H3,(H2,53,55,57)(H2,54,56,58). The van der Waals surface area contributed by atoms with Gasteiger partial charge in [0, 0.05) is 70.7 Å². The summed E-state index contributed by atoms with van der Waals surface area (Å²) in [5, 5.41) is 12.1. The minimum atomic E-state index is -0.377. The van der Waals surface area contributed by atoms with Gasteiger partial charge >= 0.3 is 12.1 Å². The lowest BCUT2D eigenvalue weighted by atomic mass is 9.90. The van der Waals surface area contributed by atoms with Gasteiger partial charge in [-0.25, -0.2) is 9.59 Å². The Morgan fingerprint density at radius 3 is 1.02 bits per heavy atom. The normalized spacial score (nSPS) is 14.4. The van der Waals surface area contributed by atoms with Crippen molar-refractivity contribution in [1.29, 1.82) is 0 Å². The molecule has 10 bridgehead atoms. The molecule has 0 saturated carbocycles. The van der Waals surface area contributed by atoms with Crippen molar-refractivity contribution in [3.63, 3.8) is 0 Å². The van der Waals surface area contributed by atoms with Crippen LogP contribution in [0.15, 0.2) is 121 Å². The van der Waals surface area contributed by atoms with Crippen LogP contribution in [0.2, 0.25) is 0 Å². The molecule has 1 aliphatic heterocycles. The fourth-order valence-corrected chi connectivity index (χ4v) is 8.30. The summed E-state index contributed by atoms with van der Waals surface area (Å²) in [4.78, 5) is 27.0. The Morgan fingerprint density at radius 2 is 0.692 bits per heavy atom. The molecule has 0 aromatic heterocycles. The molecule has 2 aliphatic rings. The van der Waals surface area contributed by atoms with Crippen LogP contribution in [-0.4, -0.2) is 79.1 Å². The van der Waals surface area contributed by atoms with Crippen LogP contribution in [0.1, 0.15) is 44.5 Å². The van der Waals surface area contributed by atoms with E-state index >= 15 is 0 Å². The summed E-state index contributed by atoms with van der Waals surface area (Å²) in [6.07, 6.45) is 1.59. The molecule has 13 nitrogen and oxygen atoms in total. The van der Waals surface area contributed by atoms with Crippen LogP contribution in [0.5, 0.6) is 23.0 Å². The summed E-state index contributed by atoms with van der Waals surface area (Å²) in [6.45, 7) is 2.85. The molecule has 1 aliphatic carbocycles. The number of benzene rings is 6. The van der Waals surface area contributed by atoms with Crippen molar-refractivity contribution in [3.05, 3.63) is 166 Å². The number of hydrogen-bond acceptors (Lipinski definition) is 9. The van der Waals surface area contributed by atoms with E-state index in [-0.39, 0.29) is 25.3 Å². The molecule has 0 atom stereocenters. The molecule has 6 aromatic rings. The minimum absolute atomic E-state index is 0.276. The highest BCUT2D eigenvalue weighted by Crippen LogP contribution is 2.41. The number of rotatable bonds is 6. The minimum Gasteiger partial charge on any atom is -0.496 e. The maximum atomic E-state index is 13.5. The van der Waals surface area contributed by atoms with Crippen LogP contribution < -0.4 is 40.2 Å². The Hall–Kier alpha value is -7.06. The van der Waals surface area contributed by atoms with E-state index in [0.29, 0.717) is 111 Å². The average Bonchev–Trinajstić information content (AvgIpc) is 3.29. The molecule has 1 heterocycles. The van der Waals surface area contributed by atoms with Gasteiger partial charge in [-0.1, -0.05) is 72.8 Å². The summed E-state index contributed by atoms with van der Waals surface area (Å²) < 4.78 is 43.6. The summed E-state index contributed by atoms with van der Waals surface area (Å²) >= 11 is 0. The Balaban J connectivity index is 1.28. The Labute approximate surface area is 379 Å². The molecular weight excluding hydrogens is 825 g/mol. The summed E-state index contributed by atoms with van der Waals surface area (Å²) in [7, 11) is 3.34. The second-order valence-corrected chi connectivity index (χ2v) is 15.6. The maximum Gasteiger partial charge on any atom is 0.323 e. The zero-order valence-electron chi connectivity index (χ0n) is 36.7. The van der Waals surface area contributed by atoms with E-state index in [1.54, 1.807) is 14.2 Å². The smallest absolute Gasteiger partial charge is 0.323 e. The van der Waals surface area contributed by atoms with Crippen LogP contribution >= 0.6 is 0 Å². The molecule has 0 saturated heterocycles. The molecule has 65 heavy (non-hydrogen) atoms. The number of anilines is 4. The first-order valence-electron chi connectivity index (χ1n) is 21.8. The molecule has 0 fully saturated rings. The van der Waals surface area contributed by atoms with Crippen LogP contribution in [0.3, 0.4) is 0 Å². The van der Waals surface area contributed by atoms with Gasteiger partial charge in [0.25, 0.3) is 0 Å². The van der Waals surface area contributed by atoms with Gasteiger partial charge in [-0.15, -0.1) is 0 Å². The van der Waals surface area contributed by atoms with Crippen molar-refractivity contribution in [3.8, 4) is 23.0 Å². The molecule has 0 unspecified atom stereocenters. The topological polar surface area (TPSA) is 147 Å². The number of nitrogens with one attached hydrogen (secondary N) is 4. The van der Waals surface area contributed by atoms with Crippen molar-refractivity contribution in [2.24, 2.45) is 0 Å². The third-order valence-electron chi connectivity index (χ3n) is 11.0. The van der Waals surface area contributed by atoms with E-state index in [1.165, 1.54) is 0 Å². The van der Waals surface area contributed by atoms with Gasteiger partial charge in [-0.2, -0.15) is 0 Å². The summed E-state index contributed by atoms with van der Waals surface area (Å²) in [6, 6.07) is 37.9. The Kier molecular flexibility index (Phi) is 15.1. The highest BCUT2D eigenvalue weighted by Gasteiger charge is 2.24. The Morgan fingerprint density at radius 1 is 0.385 bits per heavy atom. The molecule has 8 rings (SSSR count). The number of carbonyl (C=O) groups excluding carboxylic acids is 2. The van der Waals surface area contributed by atoms with E-state index in [9.17, 15) is 9.59 Å².